The summed E-state index contributed by atoms with van der Waals surface area (Å²) in [6, 6.07) is 9.73. The van der Waals surface area contributed by atoms with E-state index in [1.54, 1.807) is 6.08 Å². The predicted molar refractivity (Wildman–Crippen MR) is 76.2 cm³/mol. The topological polar surface area (TPSA) is 46.2 Å². The van der Waals surface area contributed by atoms with Crippen LogP contribution in [0.1, 0.15) is 25.8 Å². The summed E-state index contributed by atoms with van der Waals surface area (Å²) in [7, 11) is 0. The largest absolute Gasteiger partial charge is 0.387 e. The zero-order valence-electron chi connectivity index (χ0n) is 10.4. The lowest BCUT2D eigenvalue weighted by atomic mass is 9.99. The third kappa shape index (κ3) is 6.47. The Morgan fingerprint density at radius 2 is 1.82 bits per heavy atom. The van der Waals surface area contributed by atoms with Gasteiger partial charge >= 0.3 is 0 Å². The normalized spacial score (nSPS) is 14.6. The standard InChI is InChI=1S/C14H21NO.ClH/c1-11(2)10-13(15)14(16)9-8-12-6-4-3-5-7-12;/h3-9,11,13-14,16H,10,15H2,1-2H3;1H. The van der Waals surface area contributed by atoms with Gasteiger partial charge < -0.3 is 10.8 Å². The third-order valence-electron chi connectivity index (χ3n) is 2.47. The Labute approximate surface area is 110 Å². The zero-order valence-corrected chi connectivity index (χ0v) is 11.2. The first-order chi connectivity index (χ1) is 7.59. The van der Waals surface area contributed by atoms with Crippen molar-refractivity contribution in [3.63, 3.8) is 0 Å². The van der Waals surface area contributed by atoms with E-state index >= 15 is 0 Å². The maximum absolute atomic E-state index is 9.82. The molecule has 0 amide bonds. The van der Waals surface area contributed by atoms with E-state index in [4.69, 9.17) is 5.73 Å². The van der Waals surface area contributed by atoms with Gasteiger partial charge in [-0.3, -0.25) is 0 Å². The molecule has 0 saturated heterocycles. The minimum atomic E-state index is -0.567. The fourth-order valence-electron chi connectivity index (χ4n) is 1.60. The zero-order chi connectivity index (χ0) is 12.0. The van der Waals surface area contributed by atoms with Crippen LogP contribution in [-0.4, -0.2) is 17.3 Å². The highest BCUT2D eigenvalue weighted by Gasteiger charge is 2.12. The molecule has 1 aromatic rings. The van der Waals surface area contributed by atoms with Gasteiger partial charge in [0.05, 0.1) is 6.10 Å². The number of aliphatic hydroxyl groups is 1. The SMILES string of the molecule is CC(C)CC(N)C(O)C=Cc1ccccc1.Cl. The van der Waals surface area contributed by atoms with Crippen LogP contribution in [0.4, 0.5) is 0 Å². The fraction of sp³-hybridized carbons (Fsp3) is 0.429. The van der Waals surface area contributed by atoms with Crippen molar-refractivity contribution in [1.82, 2.24) is 0 Å². The summed E-state index contributed by atoms with van der Waals surface area (Å²) in [4.78, 5) is 0. The predicted octanol–water partition coefficient (Wildman–Crippen LogP) is 2.86. The Morgan fingerprint density at radius 3 is 2.35 bits per heavy atom. The molecular formula is C14H22ClNO. The van der Waals surface area contributed by atoms with Crippen LogP contribution in [0.3, 0.4) is 0 Å². The van der Waals surface area contributed by atoms with Crippen LogP contribution in [0.5, 0.6) is 0 Å². The van der Waals surface area contributed by atoms with Crippen molar-refractivity contribution in [2.45, 2.75) is 32.4 Å². The highest BCUT2D eigenvalue weighted by Crippen LogP contribution is 2.09. The molecule has 3 N–H and O–H groups in total. The number of halogens is 1. The van der Waals surface area contributed by atoms with Crippen LogP contribution >= 0.6 is 12.4 Å². The second-order valence-electron chi connectivity index (χ2n) is 4.55. The quantitative estimate of drug-likeness (QED) is 0.850. The number of aliphatic hydroxyl groups excluding tert-OH is 1. The molecule has 0 fully saturated rings. The summed E-state index contributed by atoms with van der Waals surface area (Å²) in [5, 5.41) is 9.82. The van der Waals surface area contributed by atoms with Crippen molar-refractivity contribution >= 4 is 18.5 Å². The Kier molecular flexibility index (Phi) is 7.88. The molecule has 1 aromatic carbocycles. The van der Waals surface area contributed by atoms with Crippen LogP contribution in [0.25, 0.3) is 6.08 Å². The summed E-state index contributed by atoms with van der Waals surface area (Å²) in [6.07, 6.45) is 3.94. The first kappa shape index (κ1) is 16.2. The fourth-order valence-corrected chi connectivity index (χ4v) is 1.60. The Hall–Kier alpha value is -0.830. The number of rotatable bonds is 5. The molecule has 3 heteroatoms. The van der Waals surface area contributed by atoms with E-state index in [9.17, 15) is 5.11 Å². The van der Waals surface area contributed by atoms with E-state index < -0.39 is 6.10 Å². The maximum atomic E-state index is 9.82. The van der Waals surface area contributed by atoms with E-state index in [0.29, 0.717) is 5.92 Å². The first-order valence-corrected chi connectivity index (χ1v) is 5.76. The number of hydrogen-bond acceptors (Lipinski definition) is 2. The van der Waals surface area contributed by atoms with E-state index in [-0.39, 0.29) is 18.4 Å². The molecule has 96 valence electrons. The second-order valence-corrected chi connectivity index (χ2v) is 4.55. The minimum absolute atomic E-state index is 0. The molecular weight excluding hydrogens is 234 g/mol. The summed E-state index contributed by atoms with van der Waals surface area (Å²) in [6.45, 7) is 4.21. The lowest BCUT2D eigenvalue weighted by Crippen LogP contribution is -2.34. The van der Waals surface area contributed by atoms with Crippen LogP contribution in [0.2, 0.25) is 0 Å². The van der Waals surface area contributed by atoms with E-state index in [2.05, 4.69) is 13.8 Å². The number of benzene rings is 1. The van der Waals surface area contributed by atoms with E-state index in [0.717, 1.165) is 12.0 Å². The van der Waals surface area contributed by atoms with Gasteiger partial charge in [-0.15, -0.1) is 12.4 Å². The van der Waals surface area contributed by atoms with Crippen LogP contribution in [-0.2, 0) is 0 Å². The van der Waals surface area contributed by atoms with E-state index in [1.165, 1.54) is 0 Å². The smallest absolute Gasteiger partial charge is 0.0875 e. The van der Waals surface area contributed by atoms with Gasteiger partial charge in [0, 0.05) is 6.04 Å². The molecule has 2 nitrogen and oxygen atoms in total. The van der Waals surface area contributed by atoms with E-state index in [1.807, 2.05) is 36.4 Å². The molecule has 2 atom stereocenters. The molecule has 2 unspecified atom stereocenters. The van der Waals surface area contributed by atoms with Gasteiger partial charge in [0.1, 0.15) is 0 Å². The minimum Gasteiger partial charge on any atom is -0.387 e. The highest BCUT2D eigenvalue weighted by molar-refractivity contribution is 5.85. The summed E-state index contributed by atoms with van der Waals surface area (Å²) < 4.78 is 0. The van der Waals surface area contributed by atoms with Crippen molar-refractivity contribution in [2.75, 3.05) is 0 Å². The number of nitrogens with two attached hydrogens (primary N) is 1. The molecule has 0 aromatic heterocycles. The second kappa shape index (κ2) is 8.29. The average Bonchev–Trinajstić information content (AvgIpc) is 2.26. The van der Waals surface area contributed by atoms with Crippen LogP contribution < -0.4 is 5.73 Å². The van der Waals surface area contributed by atoms with Gasteiger partial charge in [-0.25, -0.2) is 0 Å². The van der Waals surface area contributed by atoms with Crippen molar-refractivity contribution in [2.24, 2.45) is 11.7 Å². The Balaban J connectivity index is 0.00000256. The van der Waals surface area contributed by atoms with Crippen molar-refractivity contribution in [1.29, 1.82) is 0 Å². The Bertz CT molecular complexity index is 324. The van der Waals surface area contributed by atoms with Gasteiger partial charge in [-0.2, -0.15) is 0 Å². The maximum Gasteiger partial charge on any atom is 0.0875 e. The summed E-state index contributed by atoms with van der Waals surface area (Å²) in [5.41, 5.74) is 6.96. The summed E-state index contributed by atoms with van der Waals surface area (Å²) >= 11 is 0. The summed E-state index contributed by atoms with van der Waals surface area (Å²) in [5.74, 6) is 0.509. The molecule has 0 spiro atoms. The van der Waals surface area contributed by atoms with Crippen molar-refractivity contribution < 1.29 is 5.11 Å². The van der Waals surface area contributed by atoms with Gasteiger partial charge in [-0.1, -0.05) is 56.3 Å². The van der Waals surface area contributed by atoms with Crippen molar-refractivity contribution in [3.8, 4) is 0 Å². The highest BCUT2D eigenvalue weighted by atomic mass is 35.5. The molecule has 0 aliphatic carbocycles. The first-order valence-electron chi connectivity index (χ1n) is 5.76. The lowest BCUT2D eigenvalue weighted by molar-refractivity contribution is 0.179. The molecule has 0 radical (unpaired) electrons. The molecule has 0 bridgehead atoms. The van der Waals surface area contributed by atoms with Gasteiger partial charge in [-0.05, 0) is 17.9 Å². The molecule has 0 saturated carbocycles. The van der Waals surface area contributed by atoms with Crippen LogP contribution in [0, 0.1) is 5.92 Å². The average molecular weight is 256 g/mol. The van der Waals surface area contributed by atoms with Crippen LogP contribution in [0.15, 0.2) is 36.4 Å². The molecule has 0 aliphatic heterocycles. The van der Waals surface area contributed by atoms with Gasteiger partial charge in [0.25, 0.3) is 0 Å². The molecule has 0 heterocycles. The monoisotopic (exact) mass is 255 g/mol. The third-order valence-corrected chi connectivity index (χ3v) is 2.47. The van der Waals surface area contributed by atoms with Gasteiger partial charge in [0.2, 0.25) is 0 Å². The molecule has 1 rings (SSSR count). The molecule has 17 heavy (non-hydrogen) atoms. The number of hydrogen-bond donors (Lipinski definition) is 2. The van der Waals surface area contributed by atoms with Crippen molar-refractivity contribution in [3.05, 3.63) is 42.0 Å². The Morgan fingerprint density at radius 1 is 1.24 bits per heavy atom. The van der Waals surface area contributed by atoms with Gasteiger partial charge in [0.15, 0.2) is 0 Å². The lowest BCUT2D eigenvalue weighted by Gasteiger charge is -2.17. The molecule has 0 aliphatic rings.